The number of esters is 1. The second-order valence-corrected chi connectivity index (χ2v) is 7.84. The first-order valence-electron chi connectivity index (χ1n) is 10.0. The molecule has 1 saturated carbocycles. The summed E-state index contributed by atoms with van der Waals surface area (Å²) in [4.78, 5) is 32.8. The summed E-state index contributed by atoms with van der Waals surface area (Å²) in [6.07, 6.45) is 7.21. The van der Waals surface area contributed by atoms with Crippen LogP contribution in [0, 0.1) is 12.3 Å². The van der Waals surface area contributed by atoms with E-state index in [1.54, 1.807) is 0 Å². The second-order valence-electron chi connectivity index (χ2n) is 7.84. The van der Waals surface area contributed by atoms with Crippen molar-refractivity contribution < 1.29 is 14.3 Å². The molecular formula is C22H27N3O3. The van der Waals surface area contributed by atoms with Crippen LogP contribution < -0.4 is 0 Å². The number of carbonyl (C=O) groups excluding carboxylic acids is 2. The summed E-state index contributed by atoms with van der Waals surface area (Å²) in [5.74, 6) is 0.710. The van der Waals surface area contributed by atoms with Crippen molar-refractivity contribution in [1.29, 1.82) is 0 Å². The Hall–Kier alpha value is -2.63. The molecule has 0 radical (unpaired) electrons. The zero-order valence-electron chi connectivity index (χ0n) is 16.8. The molecule has 6 heteroatoms. The maximum atomic E-state index is 13.5. The average Bonchev–Trinajstić information content (AvgIpc) is 3.17. The van der Waals surface area contributed by atoms with Gasteiger partial charge in [0.25, 0.3) is 5.91 Å². The smallest absolute Gasteiger partial charge is 0.314 e. The van der Waals surface area contributed by atoms with Crippen molar-refractivity contribution in [3.8, 4) is 0 Å². The zero-order chi connectivity index (χ0) is 19.9. The van der Waals surface area contributed by atoms with Crippen LogP contribution in [0.2, 0.25) is 0 Å². The van der Waals surface area contributed by atoms with Crippen molar-refractivity contribution in [3.05, 3.63) is 41.7 Å². The van der Waals surface area contributed by atoms with E-state index in [4.69, 9.17) is 4.74 Å². The summed E-state index contributed by atoms with van der Waals surface area (Å²) >= 11 is 0. The monoisotopic (exact) mass is 381 g/mol. The van der Waals surface area contributed by atoms with Gasteiger partial charge in [-0.15, -0.1) is 0 Å². The average molecular weight is 381 g/mol. The number of fused-ring (bicyclic) bond motifs is 2. The molecule has 2 aliphatic rings. The molecule has 0 bridgehead atoms. The number of rotatable bonds is 3. The minimum absolute atomic E-state index is 0.0344. The van der Waals surface area contributed by atoms with Crippen molar-refractivity contribution in [1.82, 2.24) is 14.5 Å². The Morgan fingerprint density at radius 1 is 1.32 bits per heavy atom. The molecule has 1 aromatic carbocycles. The lowest BCUT2D eigenvalue weighted by Gasteiger charge is -2.38. The number of aromatic nitrogens is 2. The Labute approximate surface area is 165 Å². The molecule has 28 heavy (non-hydrogen) atoms. The third-order valence-electron chi connectivity index (χ3n) is 6.36. The minimum Gasteiger partial charge on any atom is -0.465 e. The van der Waals surface area contributed by atoms with Crippen molar-refractivity contribution in [2.24, 2.45) is 12.5 Å². The fourth-order valence-electron chi connectivity index (χ4n) is 4.78. The summed E-state index contributed by atoms with van der Waals surface area (Å²) in [6, 6.07) is 5.52. The number of allylic oxidation sites excluding steroid dienone is 1. The second kappa shape index (κ2) is 7.08. The number of amides is 1. The summed E-state index contributed by atoms with van der Waals surface area (Å²) < 4.78 is 7.42. The lowest BCUT2D eigenvalue weighted by atomic mass is 9.78. The Balaban J connectivity index is 1.71. The largest absolute Gasteiger partial charge is 0.465 e. The van der Waals surface area contributed by atoms with E-state index in [-0.39, 0.29) is 17.9 Å². The number of ether oxygens (including phenoxy) is 1. The SMILES string of the molecule is CCOC(=O)[C@@]12CC=CCN(C(=O)c3ccc4nc(C)n(C)c4c3)[C@@H]1CCC2. The van der Waals surface area contributed by atoms with Gasteiger partial charge in [0.05, 0.1) is 23.1 Å². The molecule has 2 heterocycles. The summed E-state index contributed by atoms with van der Waals surface area (Å²) in [6.45, 7) is 4.67. The van der Waals surface area contributed by atoms with Gasteiger partial charge in [0.1, 0.15) is 5.82 Å². The molecule has 4 rings (SSSR count). The van der Waals surface area contributed by atoms with Crippen LogP contribution in [-0.4, -0.2) is 45.5 Å². The molecule has 1 aliphatic heterocycles. The molecule has 148 valence electrons. The van der Waals surface area contributed by atoms with Crippen molar-refractivity contribution >= 4 is 22.9 Å². The van der Waals surface area contributed by atoms with Gasteiger partial charge in [0.2, 0.25) is 0 Å². The maximum absolute atomic E-state index is 13.5. The molecule has 0 N–H and O–H groups in total. The van der Waals surface area contributed by atoms with Gasteiger partial charge in [-0.2, -0.15) is 0 Å². The predicted molar refractivity (Wildman–Crippen MR) is 107 cm³/mol. The molecule has 2 atom stereocenters. The number of hydrogen-bond donors (Lipinski definition) is 0. The Morgan fingerprint density at radius 3 is 2.93 bits per heavy atom. The number of carbonyl (C=O) groups is 2. The summed E-state index contributed by atoms with van der Waals surface area (Å²) in [5, 5.41) is 0. The molecule has 1 aliphatic carbocycles. The van der Waals surface area contributed by atoms with Crippen LogP contribution in [0.1, 0.15) is 48.8 Å². The fraction of sp³-hybridized carbons (Fsp3) is 0.500. The Morgan fingerprint density at radius 2 is 2.14 bits per heavy atom. The van der Waals surface area contributed by atoms with Gasteiger partial charge in [-0.05, 0) is 51.3 Å². The highest BCUT2D eigenvalue weighted by atomic mass is 16.5. The molecule has 1 fully saturated rings. The molecule has 6 nitrogen and oxygen atoms in total. The third kappa shape index (κ3) is 2.82. The number of imidazole rings is 1. The van der Waals surface area contributed by atoms with E-state index in [9.17, 15) is 9.59 Å². The molecular weight excluding hydrogens is 354 g/mol. The standard InChI is InChI=1S/C22H27N3O3/c1-4-28-21(27)22-11-5-6-13-25(19(22)8-7-12-22)20(26)16-9-10-17-18(14-16)24(3)15(2)23-17/h5-6,9-10,14,19H,4,7-8,11-13H2,1-3H3/t19-,22-/m1/s1. The van der Waals surface area contributed by atoms with Gasteiger partial charge in [0, 0.05) is 25.2 Å². The van der Waals surface area contributed by atoms with E-state index in [0.717, 1.165) is 36.1 Å². The van der Waals surface area contributed by atoms with E-state index in [2.05, 4.69) is 4.98 Å². The van der Waals surface area contributed by atoms with E-state index < -0.39 is 5.41 Å². The van der Waals surface area contributed by atoms with Gasteiger partial charge in [-0.3, -0.25) is 9.59 Å². The van der Waals surface area contributed by atoms with E-state index in [0.29, 0.717) is 25.1 Å². The first-order valence-corrected chi connectivity index (χ1v) is 10.0. The Kier molecular flexibility index (Phi) is 4.73. The van der Waals surface area contributed by atoms with Crippen LogP contribution in [0.3, 0.4) is 0 Å². The zero-order valence-corrected chi connectivity index (χ0v) is 16.8. The van der Waals surface area contributed by atoms with Crippen LogP contribution >= 0.6 is 0 Å². The lowest BCUT2D eigenvalue weighted by molar-refractivity contribution is -0.157. The molecule has 1 aromatic heterocycles. The van der Waals surface area contributed by atoms with E-state index >= 15 is 0 Å². The van der Waals surface area contributed by atoms with E-state index in [1.165, 1.54) is 0 Å². The highest BCUT2D eigenvalue weighted by Gasteiger charge is 2.53. The maximum Gasteiger partial charge on any atom is 0.314 e. The number of aryl methyl sites for hydroxylation is 2. The molecule has 0 spiro atoms. The van der Waals surface area contributed by atoms with Crippen LogP contribution in [0.25, 0.3) is 11.0 Å². The normalized spacial score (nSPS) is 24.2. The fourth-order valence-corrected chi connectivity index (χ4v) is 4.78. The molecule has 0 unspecified atom stereocenters. The van der Waals surface area contributed by atoms with Gasteiger partial charge < -0.3 is 14.2 Å². The first kappa shape index (κ1) is 18.7. The summed E-state index contributed by atoms with van der Waals surface area (Å²) in [5.41, 5.74) is 1.84. The highest BCUT2D eigenvalue weighted by molar-refractivity contribution is 5.98. The molecule has 1 amide bonds. The van der Waals surface area contributed by atoms with Crippen molar-refractivity contribution in [2.45, 2.75) is 45.6 Å². The van der Waals surface area contributed by atoms with Crippen molar-refractivity contribution in [3.63, 3.8) is 0 Å². The van der Waals surface area contributed by atoms with Crippen LogP contribution in [0.4, 0.5) is 0 Å². The van der Waals surface area contributed by atoms with Gasteiger partial charge in [0.15, 0.2) is 0 Å². The van der Waals surface area contributed by atoms with Crippen LogP contribution in [-0.2, 0) is 16.6 Å². The highest BCUT2D eigenvalue weighted by Crippen LogP contribution is 2.47. The van der Waals surface area contributed by atoms with Gasteiger partial charge in [-0.25, -0.2) is 4.98 Å². The van der Waals surface area contributed by atoms with Crippen LogP contribution in [0.15, 0.2) is 30.4 Å². The van der Waals surface area contributed by atoms with Crippen molar-refractivity contribution in [2.75, 3.05) is 13.2 Å². The third-order valence-corrected chi connectivity index (χ3v) is 6.36. The molecule has 2 aromatic rings. The number of hydrogen-bond acceptors (Lipinski definition) is 4. The predicted octanol–water partition coefficient (Wildman–Crippen LogP) is 3.39. The number of benzene rings is 1. The lowest BCUT2D eigenvalue weighted by Crippen LogP contribution is -2.50. The number of nitrogens with zero attached hydrogens (tertiary/aromatic N) is 3. The minimum atomic E-state index is -0.619. The summed E-state index contributed by atoms with van der Waals surface area (Å²) in [7, 11) is 1.95. The van der Waals surface area contributed by atoms with Crippen LogP contribution in [0.5, 0.6) is 0 Å². The Bertz CT molecular complexity index is 961. The quantitative estimate of drug-likeness (QED) is 0.604. The van der Waals surface area contributed by atoms with E-state index in [1.807, 2.05) is 60.7 Å². The molecule has 0 saturated heterocycles. The van der Waals surface area contributed by atoms with Gasteiger partial charge >= 0.3 is 5.97 Å². The first-order chi connectivity index (χ1) is 13.5. The topological polar surface area (TPSA) is 64.4 Å². The van der Waals surface area contributed by atoms with Gasteiger partial charge in [-0.1, -0.05) is 18.6 Å².